The predicted molar refractivity (Wildman–Crippen MR) is 224 cm³/mol. The molecule has 13 rings (SSSR count). The van der Waals surface area contributed by atoms with E-state index in [2.05, 4.69) is 149 Å². The van der Waals surface area contributed by atoms with Gasteiger partial charge in [-0.25, -0.2) is 9.97 Å². The zero-order valence-electron chi connectivity index (χ0n) is 27.9. The summed E-state index contributed by atoms with van der Waals surface area (Å²) in [6, 6.07) is 50.3. The summed E-state index contributed by atoms with van der Waals surface area (Å²) in [6.45, 7) is 0. The van der Waals surface area contributed by atoms with E-state index in [1.165, 1.54) is 72.9 Å². The molecule has 0 N–H and O–H groups in total. The number of fused-ring (bicyclic) bond motifs is 17. The summed E-state index contributed by atoms with van der Waals surface area (Å²) in [6.07, 6.45) is 1.69. The highest BCUT2D eigenvalue weighted by atomic mass is 32.1. The topological polar surface area (TPSA) is 48.8 Å². The van der Waals surface area contributed by atoms with Gasteiger partial charge in [0.1, 0.15) is 17.4 Å². The molecular formula is C46H24N4OS2. The molecule has 0 saturated carbocycles. The van der Waals surface area contributed by atoms with Crippen LogP contribution >= 0.6 is 22.7 Å². The number of hydrogen-bond donors (Lipinski definition) is 0. The molecule has 0 radical (unpaired) electrons. The third-order valence-electron chi connectivity index (χ3n) is 11.0. The SMILES string of the molecule is c1ccc2c(c1)sc1c2ccc2c3ccccc3n(-c3ccc4oc5c(-n6c7ccccc7c7ccc8c9ccccc9sc8c76)ncnc5c4c3)c21. The van der Waals surface area contributed by atoms with E-state index in [0.717, 1.165) is 39.0 Å². The molecule has 0 aliphatic carbocycles. The normalized spacial score (nSPS) is 12.5. The summed E-state index contributed by atoms with van der Waals surface area (Å²) in [7, 11) is 0. The fourth-order valence-electron chi connectivity index (χ4n) is 8.80. The van der Waals surface area contributed by atoms with E-state index in [9.17, 15) is 0 Å². The Bertz CT molecular complexity index is 3710. The fourth-order valence-corrected chi connectivity index (χ4v) is 11.3. The quantitative estimate of drug-likeness (QED) is 0.179. The van der Waals surface area contributed by atoms with Gasteiger partial charge in [0, 0.05) is 63.6 Å². The van der Waals surface area contributed by atoms with E-state index < -0.39 is 0 Å². The number of rotatable bonds is 2. The van der Waals surface area contributed by atoms with Crippen LogP contribution in [-0.4, -0.2) is 19.1 Å². The van der Waals surface area contributed by atoms with Gasteiger partial charge in [0.15, 0.2) is 11.4 Å². The molecule has 0 bridgehead atoms. The second kappa shape index (κ2) is 10.1. The van der Waals surface area contributed by atoms with Crippen molar-refractivity contribution in [3.63, 3.8) is 0 Å². The van der Waals surface area contributed by atoms with Gasteiger partial charge in [0.05, 0.1) is 31.5 Å². The van der Waals surface area contributed by atoms with Crippen LogP contribution in [0.3, 0.4) is 0 Å². The standard InChI is InChI=1S/C46H24N4OS2/c1-5-13-35-26(9-1)30-18-20-32-28-11-3-7-15-38(28)52-44(32)41(30)49(35)25-17-22-37-34(23-25)40-43(51-37)46(48-24-47-40)50-36-14-6-2-10-27(36)31-19-21-33-29-12-4-8-16-39(29)53-45(33)42(31)50/h1-24H. The lowest BCUT2D eigenvalue weighted by atomic mass is 10.1. The first-order valence-corrected chi connectivity index (χ1v) is 19.3. The summed E-state index contributed by atoms with van der Waals surface area (Å²) in [5.41, 5.74) is 7.96. The highest BCUT2D eigenvalue weighted by Gasteiger charge is 2.23. The van der Waals surface area contributed by atoms with Crippen molar-refractivity contribution in [2.45, 2.75) is 0 Å². The molecule has 53 heavy (non-hydrogen) atoms. The van der Waals surface area contributed by atoms with Crippen molar-refractivity contribution in [1.29, 1.82) is 0 Å². The molecular weight excluding hydrogens is 689 g/mol. The summed E-state index contributed by atoms with van der Waals surface area (Å²) in [4.78, 5) is 9.87. The fraction of sp³-hybridized carbons (Fsp3) is 0. The first kappa shape index (κ1) is 28.1. The van der Waals surface area contributed by atoms with Crippen LogP contribution in [-0.2, 0) is 0 Å². The van der Waals surface area contributed by atoms with E-state index in [1.807, 2.05) is 22.7 Å². The smallest absolute Gasteiger partial charge is 0.197 e. The molecule has 0 fully saturated rings. The second-order valence-electron chi connectivity index (χ2n) is 13.7. The van der Waals surface area contributed by atoms with Gasteiger partial charge in [-0.3, -0.25) is 4.57 Å². The van der Waals surface area contributed by atoms with Crippen LogP contribution in [0.25, 0.3) is 118 Å². The van der Waals surface area contributed by atoms with Crippen LogP contribution in [0.4, 0.5) is 0 Å². The van der Waals surface area contributed by atoms with Crippen molar-refractivity contribution >= 4 is 129 Å². The molecule has 0 aliphatic rings. The Hall–Kier alpha value is -6.54. The molecule has 7 heteroatoms. The molecule has 0 atom stereocenters. The van der Waals surface area contributed by atoms with Crippen molar-refractivity contribution in [3.8, 4) is 11.5 Å². The van der Waals surface area contributed by atoms with Gasteiger partial charge in [-0.2, -0.15) is 0 Å². The minimum atomic E-state index is 0.675. The number of nitrogens with zero attached hydrogens (tertiary/aromatic N) is 4. The number of benzene rings is 7. The van der Waals surface area contributed by atoms with E-state index in [-0.39, 0.29) is 0 Å². The van der Waals surface area contributed by atoms with Crippen LogP contribution in [0.5, 0.6) is 0 Å². The van der Waals surface area contributed by atoms with Gasteiger partial charge >= 0.3 is 0 Å². The molecule has 7 aromatic carbocycles. The van der Waals surface area contributed by atoms with Crippen LogP contribution in [0, 0.1) is 0 Å². The lowest BCUT2D eigenvalue weighted by Gasteiger charge is -2.09. The Morgan fingerprint density at radius 1 is 0.453 bits per heavy atom. The van der Waals surface area contributed by atoms with Crippen molar-refractivity contribution in [3.05, 3.63) is 146 Å². The van der Waals surface area contributed by atoms with Crippen molar-refractivity contribution < 1.29 is 4.42 Å². The minimum Gasteiger partial charge on any atom is -0.450 e. The highest BCUT2D eigenvalue weighted by molar-refractivity contribution is 7.27. The summed E-state index contributed by atoms with van der Waals surface area (Å²) in [5.74, 6) is 0.743. The van der Waals surface area contributed by atoms with Crippen molar-refractivity contribution in [2.75, 3.05) is 0 Å². The molecule has 0 unspecified atom stereocenters. The highest BCUT2D eigenvalue weighted by Crippen LogP contribution is 2.46. The van der Waals surface area contributed by atoms with Crippen LogP contribution < -0.4 is 0 Å². The average molecular weight is 713 g/mol. The zero-order chi connectivity index (χ0) is 34.4. The maximum Gasteiger partial charge on any atom is 0.197 e. The lowest BCUT2D eigenvalue weighted by molar-refractivity contribution is 0.662. The third-order valence-corrected chi connectivity index (χ3v) is 13.4. The van der Waals surface area contributed by atoms with Gasteiger partial charge in [0.25, 0.3) is 0 Å². The molecule has 0 aliphatic heterocycles. The third kappa shape index (κ3) is 3.60. The largest absolute Gasteiger partial charge is 0.450 e. The van der Waals surface area contributed by atoms with Gasteiger partial charge < -0.3 is 8.98 Å². The number of para-hydroxylation sites is 2. The van der Waals surface area contributed by atoms with Crippen molar-refractivity contribution in [1.82, 2.24) is 19.1 Å². The number of furan rings is 1. The van der Waals surface area contributed by atoms with Crippen LogP contribution in [0.15, 0.2) is 150 Å². The summed E-state index contributed by atoms with van der Waals surface area (Å²) in [5, 5.41) is 10.9. The Morgan fingerprint density at radius 3 is 1.66 bits per heavy atom. The maximum atomic E-state index is 6.78. The average Bonchev–Trinajstić information content (AvgIpc) is 4.01. The number of thiophene rings is 2. The predicted octanol–water partition coefficient (Wildman–Crippen LogP) is 13.3. The van der Waals surface area contributed by atoms with Crippen LogP contribution in [0.1, 0.15) is 0 Å². The molecule has 6 heterocycles. The lowest BCUT2D eigenvalue weighted by Crippen LogP contribution is -1.98. The first-order chi connectivity index (χ1) is 26.3. The molecule has 5 nitrogen and oxygen atoms in total. The Morgan fingerprint density at radius 2 is 1.00 bits per heavy atom. The monoisotopic (exact) mass is 712 g/mol. The minimum absolute atomic E-state index is 0.675. The van der Waals surface area contributed by atoms with E-state index in [4.69, 9.17) is 14.4 Å². The summed E-state index contributed by atoms with van der Waals surface area (Å²) >= 11 is 3.70. The van der Waals surface area contributed by atoms with Crippen molar-refractivity contribution in [2.24, 2.45) is 0 Å². The molecule has 246 valence electrons. The molecule has 6 aromatic heterocycles. The van der Waals surface area contributed by atoms with Crippen LogP contribution in [0.2, 0.25) is 0 Å². The molecule has 0 spiro atoms. The van der Waals surface area contributed by atoms with Gasteiger partial charge in [-0.05, 0) is 42.5 Å². The number of hydrogen-bond acceptors (Lipinski definition) is 5. The van der Waals surface area contributed by atoms with E-state index in [0.29, 0.717) is 5.58 Å². The Balaban J connectivity index is 1.11. The van der Waals surface area contributed by atoms with Gasteiger partial charge in [-0.15, -0.1) is 22.7 Å². The Kier molecular flexibility index (Phi) is 5.34. The first-order valence-electron chi connectivity index (χ1n) is 17.6. The van der Waals surface area contributed by atoms with Gasteiger partial charge in [0.2, 0.25) is 0 Å². The van der Waals surface area contributed by atoms with E-state index in [1.54, 1.807) is 6.33 Å². The summed E-state index contributed by atoms with van der Waals surface area (Å²) < 4.78 is 16.6. The molecule has 0 saturated heterocycles. The molecule has 0 amide bonds. The Labute approximate surface area is 308 Å². The second-order valence-corrected chi connectivity index (χ2v) is 15.8. The number of aromatic nitrogens is 4. The van der Waals surface area contributed by atoms with E-state index >= 15 is 0 Å². The molecule has 13 aromatic rings. The zero-order valence-corrected chi connectivity index (χ0v) is 29.5. The maximum absolute atomic E-state index is 6.78. The van der Waals surface area contributed by atoms with Gasteiger partial charge in [-0.1, -0.05) is 97.1 Å².